The number of aromatic amines is 1. The maximum atomic E-state index is 12.2. The molecular weight excluding hydrogens is 451 g/mol. The number of thiocarbonyl (C=S) groups is 1. The summed E-state index contributed by atoms with van der Waals surface area (Å²) in [5, 5.41) is 7.26. The number of rotatable bonds is 4. The van der Waals surface area contributed by atoms with Gasteiger partial charge >= 0.3 is 0 Å². The third-order valence-corrected chi connectivity index (χ3v) is 5.57. The van der Waals surface area contributed by atoms with E-state index in [0.29, 0.717) is 10.0 Å². The van der Waals surface area contributed by atoms with E-state index < -0.39 is 0 Å². The number of anilines is 1. The molecule has 0 saturated carbocycles. The number of nitrogens with one attached hydrogen (secondary N) is 3. The summed E-state index contributed by atoms with van der Waals surface area (Å²) < 4.78 is 0. The summed E-state index contributed by atoms with van der Waals surface area (Å²) in [5.74, 6) is 0.551. The number of nitrogens with zero attached hydrogens (tertiary/aromatic N) is 1. The maximum absolute atomic E-state index is 12.2. The summed E-state index contributed by atoms with van der Waals surface area (Å²) in [7, 11) is 0. The zero-order chi connectivity index (χ0) is 22.0. The normalized spacial score (nSPS) is 10.8. The molecule has 0 atom stereocenters. The number of halogens is 2. The number of carbonyl (C=O) groups is 1. The van der Waals surface area contributed by atoms with Crippen molar-refractivity contribution in [3.63, 3.8) is 0 Å². The van der Waals surface area contributed by atoms with Gasteiger partial charge in [-0.1, -0.05) is 35.3 Å². The maximum Gasteiger partial charge on any atom is 0.230 e. The van der Waals surface area contributed by atoms with Crippen molar-refractivity contribution in [2.24, 2.45) is 0 Å². The monoisotopic (exact) mass is 468 g/mol. The molecule has 4 rings (SSSR count). The van der Waals surface area contributed by atoms with Gasteiger partial charge < -0.3 is 15.6 Å². The third-order valence-electron chi connectivity index (χ3n) is 4.71. The van der Waals surface area contributed by atoms with E-state index in [1.807, 2.05) is 55.5 Å². The van der Waals surface area contributed by atoms with Gasteiger partial charge in [0.25, 0.3) is 0 Å². The second-order valence-electron chi connectivity index (χ2n) is 7.09. The average Bonchev–Trinajstić information content (AvgIpc) is 3.13. The van der Waals surface area contributed by atoms with Gasteiger partial charge in [0.1, 0.15) is 5.82 Å². The molecule has 0 fully saturated rings. The van der Waals surface area contributed by atoms with E-state index >= 15 is 0 Å². The highest BCUT2D eigenvalue weighted by atomic mass is 35.5. The lowest BCUT2D eigenvalue weighted by molar-refractivity contribution is -0.119. The Hall–Kier alpha value is -2.93. The minimum Gasteiger partial charge on any atom is -0.338 e. The second kappa shape index (κ2) is 9.06. The first-order valence-electron chi connectivity index (χ1n) is 9.49. The van der Waals surface area contributed by atoms with Gasteiger partial charge in [-0.2, -0.15) is 0 Å². The quantitative estimate of drug-likeness (QED) is 0.326. The van der Waals surface area contributed by atoms with Gasteiger partial charge in [0.15, 0.2) is 5.11 Å². The van der Waals surface area contributed by atoms with Crippen LogP contribution in [0.15, 0.2) is 60.7 Å². The van der Waals surface area contributed by atoms with Crippen molar-refractivity contribution in [3.05, 3.63) is 81.8 Å². The number of amides is 1. The fourth-order valence-electron chi connectivity index (χ4n) is 3.11. The topological polar surface area (TPSA) is 69.8 Å². The van der Waals surface area contributed by atoms with Gasteiger partial charge in [0.2, 0.25) is 5.91 Å². The van der Waals surface area contributed by atoms with Crippen LogP contribution in [0.1, 0.15) is 11.1 Å². The molecule has 0 aliphatic carbocycles. The highest BCUT2D eigenvalue weighted by molar-refractivity contribution is 7.80. The van der Waals surface area contributed by atoms with Gasteiger partial charge in [-0.3, -0.25) is 4.79 Å². The van der Waals surface area contributed by atoms with Crippen molar-refractivity contribution in [2.75, 3.05) is 5.32 Å². The number of hydrogen-bond acceptors (Lipinski definition) is 3. The predicted molar refractivity (Wildman–Crippen MR) is 131 cm³/mol. The predicted octanol–water partition coefficient (Wildman–Crippen LogP) is 5.90. The summed E-state index contributed by atoms with van der Waals surface area (Å²) >= 11 is 17.3. The van der Waals surface area contributed by atoms with E-state index in [1.54, 1.807) is 12.1 Å². The molecule has 8 heteroatoms. The van der Waals surface area contributed by atoms with E-state index in [-0.39, 0.29) is 17.4 Å². The molecule has 0 unspecified atom stereocenters. The minimum absolute atomic E-state index is 0.201. The Balaban J connectivity index is 1.38. The van der Waals surface area contributed by atoms with Crippen molar-refractivity contribution < 1.29 is 4.79 Å². The van der Waals surface area contributed by atoms with Crippen LogP contribution in [0.4, 0.5) is 5.69 Å². The zero-order valence-electron chi connectivity index (χ0n) is 16.5. The fourth-order valence-corrected chi connectivity index (χ4v) is 3.62. The smallest absolute Gasteiger partial charge is 0.230 e. The number of benzene rings is 3. The number of aromatic nitrogens is 2. The highest BCUT2D eigenvalue weighted by Crippen LogP contribution is 2.26. The van der Waals surface area contributed by atoms with Crippen LogP contribution in [0.5, 0.6) is 0 Å². The number of H-pyrrole nitrogens is 1. The van der Waals surface area contributed by atoms with E-state index in [9.17, 15) is 4.79 Å². The minimum atomic E-state index is -0.201. The number of hydrogen-bond donors (Lipinski definition) is 3. The Bertz CT molecular complexity index is 1230. The number of imidazole rings is 1. The van der Waals surface area contributed by atoms with E-state index in [4.69, 9.17) is 35.4 Å². The fraction of sp³-hybridized carbons (Fsp3) is 0.0870. The van der Waals surface area contributed by atoms with Crippen molar-refractivity contribution in [1.29, 1.82) is 0 Å². The Morgan fingerprint density at radius 3 is 2.48 bits per heavy atom. The van der Waals surface area contributed by atoms with Crippen LogP contribution in [0, 0.1) is 6.92 Å². The molecule has 0 aliphatic rings. The first-order valence-corrected chi connectivity index (χ1v) is 10.7. The molecule has 0 spiro atoms. The largest absolute Gasteiger partial charge is 0.338 e. The number of aryl methyl sites for hydroxylation is 1. The third kappa shape index (κ3) is 5.22. The molecule has 0 aliphatic heterocycles. The lowest BCUT2D eigenvalue weighted by Gasteiger charge is -2.10. The molecule has 4 aromatic rings. The summed E-state index contributed by atoms with van der Waals surface area (Å²) in [5.41, 5.74) is 5.29. The van der Waals surface area contributed by atoms with Crippen molar-refractivity contribution in [3.8, 4) is 11.4 Å². The molecule has 3 aromatic carbocycles. The lowest BCUT2D eigenvalue weighted by atomic mass is 10.1. The van der Waals surface area contributed by atoms with Crippen LogP contribution in [-0.4, -0.2) is 21.0 Å². The Labute approximate surface area is 194 Å². The first-order chi connectivity index (χ1) is 14.9. The zero-order valence-corrected chi connectivity index (χ0v) is 18.8. The molecule has 1 heterocycles. The van der Waals surface area contributed by atoms with Crippen molar-refractivity contribution >= 4 is 63.2 Å². The first kappa shape index (κ1) is 21.3. The van der Waals surface area contributed by atoms with Gasteiger partial charge in [-0.25, -0.2) is 4.98 Å². The van der Waals surface area contributed by atoms with E-state index in [0.717, 1.165) is 39.2 Å². The Kier molecular flexibility index (Phi) is 6.23. The molecule has 0 saturated heterocycles. The van der Waals surface area contributed by atoms with Crippen LogP contribution in [0.25, 0.3) is 22.4 Å². The van der Waals surface area contributed by atoms with Gasteiger partial charge in [-0.05, 0) is 78.8 Å². The Morgan fingerprint density at radius 1 is 1.06 bits per heavy atom. The molecule has 1 amide bonds. The van der Waals surface area contributed by atoms with Crippen LogP contribution in [0.2, 0.25) is 10.0 Å². The van der Waals surface area contributed by atoms with Crippen molar-refractivity contribution in [1.82, 2.24) is 15.3 Å². The summed E-state index contributed by atoms with van der Waals surface area (Å²) in [4.78, 5) is 20.1. The van der Waals surface area contributed by atoms with Gasteiger partial charge in [0, 0.05) is 21.3 Å². The summed E-state index contributed by atoms with van der Waals surface area (Å²) in [6.07, 6.45) is 0.216. The molecule has 1 aromatic heterocycles. The molecule has 5 nitrogen and oxygen atoms in total. The van der Waals surface area contributed by atoms with Crippen LogP contribution < -0.4 is 10.6 Å². The van der Waals surface area contributed by atoms with Gasteiger partial charge in [0.05, 0.1) is 17.5 Å². The average molecular weight is 469 g/mol. The van der Waals surface area contributed by atoms with E-state index in [1.165, 1.54) is 0 Å². The molecule has 0 bridgehead atoms. The highest BCUT2D eigenvalue weighted by Gasteiger charge is 2.09. The molecule has 0 radical (unpaired) electrons. The molecule has 156 valence electrons. The summed E-state index contributed by atoms with van der Waals surface area (Å²) in [6, 6.07) is 18.5. The molecule has 31 heavy (non-hydrogen) atoms. The lowest BCUT2D eigenvalue weighted by Crippen LogP contribution is -2.35. The molecular formula is C23H18Cl2N4OS. The van der Waals surface area contributed by atoms with Crippen LogP contribution in [0.3, 0.4) is 0 Å². The second-order valence-corrected chi connectivity index (χ2v) is 8.34. The van der Waals surface area contributed by atoms with Gasteiger partial charge in [-0.15, -0.1) is 0 Å². The van der Waals surface area contributed by atoms with Crippen molar-refractivity contribution in [2.45, 2.75) is 13.3 Å². The number of carbonyl (C=O) groups excluding carboxylic acids is 1. The summed E-state index contributed by atoms with van der Waals surface area (Å²) in [6.45, 7) is 1.96. The van der Waals surface area contributed by atoms with E-state index in [2.05, 4.69) is 20.6 Å². The molecule has 3 N–H and O–H groups in total. The SMILES string of the molecule is Cc1cc2[nH]c(-c3ccc(NC(=S)NC(=O)Cc4ccc(Cl)cc4)cc3)nc2cc1Cl. The van der Waals surface area contributed by atoms with Crippen LogP contribution in [-0.2, 0) is 11.2 Å². The Morgan fingerprint density at radius 2 is 1.77 bits per heavy atom. The number of fused-ring (bicyclic) bond motifs is 1. The van der Waals surface area contributed by atoms with Crippen LogP contribution >= 0.6 is 35.4 Å². The standard InChI is InChI=1S/C23H18Cl2N4OS/c1-13-10-19-20(12-18(13)25)28-22(27-19)15-4-8-17(9-5-15)26-23(31)29-21(30)11-14-2-6-16(24)7-3-14/h2-10,12H,11H2,1H3,(H,27,28)(H2,26,29,30,31).